The van der Waals surface area contributed by atoms with E-state index in [2.05, 4.69) is 4.98 Å². The first-order valence-electron chi connectivity index (χ1n) is 5.61. The Hall–Kier alpha value is -2.24. The van der Waals surface area contributed by atoms with E-state index in [0.717, 1.165) is 4.57 Å². The molecule has 0 spiro atoms. The molecule has 0 aliphatic carbocycles. The zero-order valence-electron chi connectivity index (χ0n) is 10.2. The van der Waals surface area contributed by atoms with Crippen molar-refractivity contribution in [2.45, 2.75) is 20.1 Å². The fourth-order valence-electron chi connectivity index (χ4n) is 1.59. The fraction of sp³-hybridized carbons (Fsp3) is 0.231. The van der Waals surface area contributed by atoms with E-state index in [9.17, 15) is 13.6 Å². The molecule has 4 nitrogen and oxygen atoms in total. The Morgan fingerprint density at radius 1 is 1.47 bits per heavy atom. The summed E-state index contributed by atoms with van der Waals surface area (Å²) in [5.74, 6) is 0.485. The third-order valence-corrected chi connectivity index (χ3v) is 2.57. The molecule has 0 fully saturated rings. The average Bonchev–Trinajstić information content (AvgIpc) is 2.85. The summed E-state index contributed by atoms with van der Waals surface area (Å²) in [6, 6.07) is 6.56. The highest BCUT2D eigenvalue weighted by Gasteiger charge is 2.11. The van der Waals surface area contributed by atoms with Gasteiger partial charge in [-0.1, -0.05) is 12.1 Å². The minimum absolute atomic E-state index is 0.0838. The van der Waals surface area contributed by atoms with Crippen LogP contribution in [0.3, 0.4) is 0 Å². The molecule has 1 aromatic carbocycles. The van der Waals surface area contributed by atoms with Crippen LogP contribution in [0.15, 0.2) is 36.7 Å². The molecule has 0 saturated carbocycles. The number of nitrogens with zero attached hydrogens (tertiary/aromatic N) is 2. The molecule has 0 unspecified atom stereocenters. The zero-order chi connectivity index (χ0) is 13.8. The van der Waals surface area contributed by atoms with E-state index in [1.54, 1.807) is 24.3 Å². The number of ether oxygens (including phenoxy) is 1. The number of hydrogen-bond donors (Lipinski definition) is 0. The van der Waals surface area contributed by atoms with Crippen LogP contribution in [-0.4, -0.2) is 15.3 Å². The Morgan fingerprint density at radius 3 is 2.95 bits per heavy atom. The number of imidazole rings is 1. The van der Waals surface area contributed by atoms with E-state index in [1.165, 1.54) is 19.3 Å². The second-order valence-electron chi connectivity index (χ2n) is 3.90. The van der Waals surface area contributed by atoms with Crippen LogP contribution in [0.25, 0.3) is 0 Å². The van der Waals surface area contributed by atoms with E-state index in [4.69, 9.17) is 4.74 Å². The molecule has 0 saturated heterocycles. The maximum Gasteiger partial charge on any atom is 0.320 e. The number of rotatable bonds is 5. The number of aromatic nitrogens is 2. The van der Waals surface area contributed by atoms with Gasteiger partial charge in [0.2, 0.25) is 0 Å². The van der Waals surface area contributed by atoms with Gasteiger partial charge >= 0.3 is 6.55 Å². The van der Waals surface area contributed by atoms with Gasteiger partial charge in [0.15, 0.2) is 11.6 Å². The van der Waals surface area contributed by atoms with E-state index >= 15 is 0 Å². The van der Waals surface area contributed by atoms with Gasteiger partial charge in [0.25, 0.3) is 0 Å². The summed E-state index contributed by atoms with van der Waals surface area (Å²) >= 11 is 0. The summed E-state index contributed by atoms with van der Waals surface area (Å²) in [4.78, 5) is 15.0. The first-order valence-corrected chi connectivity index (χ1v) is 5.61. The lowest BCUT2D eigenvalue weighted by Crippen LogP contribution is -2.07. The number of benzene rings is 1. The van der Waals surface area contributed by atoms with Crippen molar-refractivity contribution >= 4 is 5.78 Å². The lowest BCUT2D eigenvalue weighted by molar-refractivity contribution is 0.0632. The van der Waals surface area contributed by atoms with Crippen LogP contribution >= 0.6 is 0 Å². The third kappa shape index (κ3) is 3.15. The normalized spacial score (nSPS) is 10.7. The average molecular weight is 266 g/mol. The Balaban J connectivity index is 2.08. The summed E-state index contributed by atoms with van der Waals surface area (Å²) in [6.45, 7) is -1.29. The lowest BCUT2D eigenvalue weighted by atomic mass is 10.1. The molecule has 2 rings (SSSR count). The monoisotopic (exact) mass is 266 g/mol. The van der Waals surface area contributed by atoms with Gasteiger partial charge in [0.05, 0.1) is 0 Å². The predicted molar refractivity (Wildman–Crippen MR) is 64.3 cm³/mol. The number of ketones is 1. The van der Waals surface area contributed by atoms with Crippen molar-refractivity contribution in [3.63, 3.8) is 0 Å². The van der Waals surface area contributed by atoms with Crippen LogP contribution in [0.4, 0.5) is 8.78 Å². The van der Waals surface area contributed by atoms with Crippen LogP contribution < -0.4 is 4.74 Å². The van der Waals surface area contributed by atoms with E-state index < -0.39 is 6.55 Å². The molecule has 2 aromatic rings. The minimum Gasteiger partial charge on any atom is -0.486 e. The Morgan fingerprint density at radius 2 is 2.26 bits per heavy atom. The van der Waals surface area contributed by atoms with Gasteiger partial charge in [-0.15, -0.1) is 0 Å². The third-order valence-electron chi connectivity index (χ3n) is 2.57. The number of Topliss-reactive ketones (excluding diaryl/α,β-unsaturated/α-hetero) is 1. The number of halogens is 2. The summed E-state index contributed by atoms with van der Waals surface area (Å²) in [5.41, 5.74) is 0.509. The summed E-state index contributed by atoms with van der Waals surface area (Å²) < 4.78 is 31.3. The highest BCUT2D eigenvalue weighted by atomic mass is 19.3. The van der Waals surface area contributed by atoms with Gasteiger partial charge in [-0.05, 0) is 19.1 Å². The molecule has 0 radical (unpaired) electrons. The molecule has 0 aliphatic rings. The van der Waals surface area contributed by atoms with Crippen molar-refractivity contribution in [2.24, 2.45) is 0 Å². The summed E-state index contributed by atoms with van der Waals surface area (Å²) in [6.07, 6.45) is 2.48. The Labute approximate surface area is 108 Å². The molecule has 0 amide bonds. The van der Waals surface area contributed by atoms with Crippen LogP contribution in [0.5, 0.6) is 5.75 Å². The number of carbonyl (C=O) groups excluding carboxylic acids is 1. The van der Waals surface area contributed by atoms with Crippen molar-refractivity contribution in [1.29, 1.82) is 0 Å². The Bertz CT molecular complexity index is 582. The molecule has 6 heteroatoms. The van der Waals surface area contributed by atoms with E-state index in [1.807, 2.05) is 0 Å². The molecule has 0 N–H and O–H groups in total. The number of hydrogen-bond acceptors (Lipinski definition) is 3. The van der Waals surface area contributed by atoms with Crippen LogP contribution in [0, 0.1) is 0 Å². The molecule has 19 heavy (non-hydrogen) atoms. The molecule has 0 bridgehead atoms. The molecule has 0 aliphatic heterocycles. The van der Waals surface area contributed by atoms with Crippen molar-refractivity contribution in [3.05, 3.63) is 48.0 Å². The van der Waals surface area contributed by atoms with E-state index in [-0.39, 0.29) is 18.2 Å². The quantitative estimate of drug-likeness (QED) is 0.781. The largest absolute Gasteiger partial charge is 0.486 e. The first kappa shape index (κ1) is 13.2. The van der Waals surface area contributed by atoms with Crippen LogP contribution in [0.1, 0.15) is 29.7 Å². The molecular weight excluding hydrogens is 254 g/mol. The summed E-state index contributed by atoms with van der Waals surface area (Å²) in [7, 11) is 0. The maximum absolute atomic E-state index is 12.6. The molecule has 1 heterocycles. The van der Waals surface area contributed by atoms with Gasteiger partial charge in [-0.25, -0.2) is 4.98 Å². The van der Waals surface area contributed by atoms with Crippen molar-refractivity contribution in [3.8, 4) is 5.75 Å². The molecule has 0 atom stereocenters. The lowest BCUT2D eigenvalue weighted by Gasteiger charge is -2.09. The van der Waals surface area contributed by atoms with Crippen molar-refractivity contribution in [1.82, 2.24) is 9.55 Å². The van der Waals surface area contributed by atoms with Gasteiger partial charge in [0, 0.05) is 18.0 Å². The smallest absolute Gasteiger partial charge is 0.320 e. The Kier molecular flexibility index (Phi) is 3.89. The fourth-order valence-corrected chi connectivity index (χ4v) is 1.59. The van der Waals surface area contributed by atoms with Gasteiger partial charge in [0.1, 0.15) is 12.4 Å². The van der Waals surface area contributed by atoms with Crippen molar-refractivity contribution in [2.75, 3.05) is 0 Å². The highest BCUT2D eigenvalue weighted by Crippen LogP contribution is 2.17. The van der Waals surface area contributed by atoms with Crippen molar-refractivity contribution < 1.29 is 18.3 Å². The molecular formula is C13H12F2N2O2. The zero-order valence-corrected chi connectivity index (χ0v) is 10.2. The van der Waals surface area contributed by atoms with Gasteiger partial charge in [-0.3, -0.25) is 9.36 Å². The predicted octanol–water partition coefficient (Wildman–Crippen LogP) is 3.06. The SMILES string of the molecule is CC(=O)c1cccc(OCc2nccn2C(F)F)c1. The standard InChI is InChI=1S/C13H12F2N2O2/c1-9(18)10-3-2-4-11(7-10)19-8-12-16-5-6-17(12)13(14)15/h2-7,13H,8H2,1H3. The molecule has 100 valence electrons. The van der Waals surface area contributed by atoms with Crippen LogP contribution in [0.2, 0.25) is 0 Å². The minimum atomic E-state index is -2.65. The number of carbonyl (C=O) groups is 1. The summed E-state index contributed by atoms with van der Waals surface area (Å²) in [5, 5.41) is 0. The topological polar surface area (TPSA) is 44.1 Å². The molecule has 1 aromatic heterocycles. The maximum atomic E-state index is 12.6. The highest BCUT2D eigenvalue weighted by molar-refractivity contribution is 5.94. The van der Waals surface area contributed by atoms with E-state index in [0.29, 0.717) is 11.3 Å². The van der Waals surface area contributed by atoms with Crippen LogP contribution in [-0.2, 0) is 6.61 Å². The first-order chi connectivity index (χ1) is 9.08. The number of alkyl halides is 2. The van der Waals surface area contributed by atoms with Gasteiger partial charge < -0.3 is 4.74 Å². The van der Waals surface area contributed by atoms with Gasteiger partial charge in [-0.2, -0.15) is 8.78 Å². The second kappa shape index (κ2) is 5.60. The second-order valence-corrected chi connectivity index (χ2v) is 3.90.